The van der Waals surface area contributed by atoms with E-state index in [2.05, 4.69) is 50.1 Å². The van der Waals surface area contributed by atoms with Crippen LogP contribution in [0.4, 0.5) is 0 Å². The van der Waals surface area contributed by atoms with E-state index in [0.717, 1.165) is 19.6 Å². The average molecular weight is 295 g/mol. The summed E-state index contributed by atoms with van der Waals surface area (Å²) >= 11 is 1.86. The van der Waals surface area contributed by atoms with Crippen LogP contribution in [-0.2, 0) is 6.54 Å². The van der Waals surface area contributed by atoms with Crippen LogP contribution in [0.25, 0.3) is 0 Å². The van der Waals surface area contributed by atoms with Crippen molar-refractivity contribution in [2.75, 3.05) is 13.1 Å². The first kappa shape index (κ1) is 16.0. The lowest BCUT2D eigenvalue weighted by atomic mass is 9.63. The summed E-state index contributed by atoms with van der Waals surface area (Å²) in [6, 6.07) is 4.39. The molecule has 1 saturated carbocycles. The molecular formula is C17H30N2S. The minimum absolute atomic E-state index is 0.189. The minimum atomic E-state index is 0.189. The highest BCUT2D eigenvalue weighted by Crippen LogP contribution is 2.46. The topological polar surface area (TPSA) is 29.3 Å². The number of rotatable bonds is 5. The van der Waals surface area contributed by atoms with Crippen molar-refractivity contribution in [1.29, 1.82) is 0 Å². The van der Waals surface area contributed by atoms with E-state index in [0.29, 0.717) is 11.3 Å². The fourth-order valence-electron chi connectivity index (χ4n) is 4.00. The summed E-state index contributed by atoms with van der Waals surface area (Å²) in [4.78, 5) is 4.09. The molecule has 3 heteroatoms. The van der Waals surface area contributed by atoms with Crippen LogP contribution in [0.5, 0.6) is 0 Å². The molecule has 1 heterocycles. The van der Waals surface area contributed by atoms with E-state index in [1.165, 1.54) is 24.1 Å². The SMILES string of the molecule is CCN(Cc1cccs1)C1(CN)CCC(C)(C)CC1C. The Morgan fingerprint density at radius 2 is 2.15 bits per heavy atom. The Morgan fingerprint density at radius 1 is 1.40 bits per heavy atom. The van der Waals surface area contributed by atoms with E-state index in [4.69, 9.17) is 5.73 Å². The molecule has 0 radical (unpaired) electrons. The van der Waals surface area contributed by atoms with Crippen molar-refractivity contribution in [2.45, 2.75) is 59.0 Å². The predicted octanol–water partition coefficient (Wildman–Crippen LogP) is 4.11. The first-order chi connectivity index (χ1) is 9.43. The molecule has 1 aromatic heterocycles. The number of likely N-dealkylation sites (N-methyl/N-ethyl adjacent to an activating group) is 1. The Labute approximate surface area is 128 Å². The Morgan fingerprint density at radius 3 is 2.65 bits per heavy atom. The molecule has 2 atom stereocenters. The highest BCUT2D eigenvalue weighted by atomic mass is 32.1. The first-order valence-corrected chi connectivity index (χ1v) is 8.79. The number of hydrogen-bond acceptors (Lipinski definition) is 3. The molecule has 2 rings (SSSR count). The van der Waals surface area contributed by atoms with Gasteiger partial charge in [-0.3, -0.25) is 4.90 Å². The van der Waals surface area contributed by atoms with Gasteiger partial charge in [-0.05, 0) is 48.6 Å². The van der Waals surface area contributed by atoms with Crippen LogP contribution in [0, 0.1) is 11.3 Å². The molecule has 2 nitrogen and oxygen atoms in total. The Bertz CT molecular complexity index is 413. The lowest BCUT2D eigenvalue weighted by molar-refractivity contribution is -0.0240. The van der Waals surface area contributed by atoms with Crippen molar-refractivity contribution in [1.82, 2.24) is 4.90 Å². The normalized spacial score (nSPS) is 29.8. The summed E-state index contributed by atoms with van der Waals surface area (Å²) < 4.78 is 0. The fourth-order valence-corrected chi connectivity index (χ4v) is 4.72. The molecule has 1 aromatic rings. The second-order valence-corrected chi connectivity index (χ2v) is 8.20. The highest BCUT2D eigenvalue weighted by molar-refractivity contribution is 7.09. The second kappa shape index (κ2) is 6.17. The first-order valence-electron chi connectivity index (χ1n) is 7.91. The maximum atomic E-state index is 6.28. The van der Waals surface area contributed by atoms with Gasteiger partial charge in [0.1, 0.15) is 0 Å². The van der Waals surface area contributed by atoms with Gasteiger partial charge >= 0.3 is 0 Å². The molecule has 0 bridgehead atoms. The van der Waals surface area contributed by atoms with Crippen LogP contribution in [0.2, 0.25) is 0 Å². The van der Waals surface area contributed by atoms with E-state index in [1.54, 1.807) is 0 Å². The Balaban J connectivity index is 2.19. The quantitative estimate of drug-likeness (QED) is 0.885. The van der Waals surface area contributed by atoms with Crippen LogP contribution in [-0.4, -0.2) is 23.5 Å². The molecule has 0 aromatic carbocycles. The zero-order valence-corrected chi connectivity index (χ0v) is 14.3. The molecule has 1 aliphatic carbocycles. The maximum absolute atomic E-state index is 6.28. The van der Waals surface area contributed by atoms with Crippen molar-refractivity contribution in [3.63, 3.8) is 0 Å². The molecule has 1 aliphatic rings. The summed E-state index contributed by atoms with van der Waals surface area (Å²) in [7, 11) is 0. The second-order valence-electron chi connectivity index (χ2n) is 7.17. The number of thiophene rings is 1. The average Bonchev–Trinajstić information content (AvgIpc) is 2.89. The standard InChI is InChI=1S/C17H30N2S/c1-5-19(12-15-7-6-10-20-15)17(13-18)9-8-16(3,4)11-14(17)2/h6-7,10,14H,5,8-9,11-13,18H2,1-4H3. The van der Waals surface area contributed by atoms with Crippen LogP contribution in [0.3, 0.4) is 0 Å². The van der Waals surface area contributed by atoms with Gasteiger partial charge in [0.15, 0.2) is 0 Å². The zero-order valence-electron chi connectivity index (χ0n) is 13.5. The summed E-state index contributed by atoms with van der Waals surface area (Å²) in [5.41, 5.74) is 6.95. The molecule has 0 amide bonds. The van der Waals surface area contributed by atoms with Crippen molar-refractivity contribution >= 4 is 11.3 Å². The molecule has 0 saturated heterocycles. The number of hydrogen-bond donors (Lipinski definition) is 1. The van der Waals surface area contributed by atoms with Gasteiger partial charge < -0.3 is 5.73 Å². The lowest BCUT2D eigenvalue weighted by Crippen LogP contribution is -2.60. The zero-order chi connectivity index (χ0) is 14.8. The molecule has 114 valence electrons. The van der Waals surface area contributed by atoms with Crippen LogP contribution in [0.1, 0.15) is 51.8 Å². The fraction of sp³-hybridized carbons (Fsp3) is 0.765. The van der Waals surface area contributed by atoms with Crippen molar-refractivity contribution in [3.05, 3.63) is 22.4 Å². The van der Waals surface area contributed by atoms with E-state index >= 15 is 0 Å². The third kappa shape index (κ3) is 3.10. The summed E-state index contributed by atoms with van der Waals surface area (Å²) in [6.07, 6.45) is 3.80. The summed E-state index contributed by atoms with van der Waals surface area (Å²) in [5, 5.41) is 2.17. The van der Waals surface area contributed by atoms with Crippen molar-refractivity contribution < 1.29 is 0 Å². The van der Waals surface area contributed by atoms with Gasteiger partial charge in [-0.2, -0.15) is 0 Å². The van der Waals surface area contributed by atoms with Gasteiger partial charge in [-0.1, -0.05) is 33.8 Å². The predicted molar refractivity (Wildman–Crippen MR) is 89.0 cm³/mol. The van der Waals surface area contributed by atoms with Crippen LogP contribution < -0.4 is 5.73 Å². The van der Waals surface area contributed by atoms with E-state index < -0.39 is 0 Å². The number of nitrogens with two attached hydrogens (primary N) is 1. The molecule has 0 aliphatic heterocycles. The summed E-state index contributed by atoms with van der Waals surface area (Å²) in [5.74, 6) is 0.663. The lowest BCUT2D eigenvalue weighted by Gasteiger charge is -2.53. The Kier molecular flexibility index (Phi) is 4.93. The van der Waals surface area contributed by atoms with Gasteiger partial charge in [-0.25, -0.2) is 0 Å². The monoisotopic (exact) mass is 294 g/mol. The largest absolute Gasteiger partial charge is 0.329 e. The molecule has 2 N–H and O–H groups in total. The highest BCUT2D eigenvalue weighted by Gasteiger charge is 2.46. The van der Waals surface area contributed by atoms with Crippen molar-refractivity contribution in [2.24, 2.45) is 17.1 Å². The molecule has 0 spiro atoms. The minimum Gasteiger partial charge on any atom is -0.329 e. The van der Waals surface area contributed by atoms with E-state index in [9.17, 15) is 0 Å². The molecular weight excluding hydrogens is 264 g/mol. The molecule has 2 unspecified atom stereocenters. The third-order valence-electron chi connectivity index (χ3n) is 5.30. The van der Waals surface area contributed by atoms with Crippen molar-refractivity contribution in [3.8, 4) is 0 Å². The van der Waals surface area contributed by atoms with Gasteiger partial charge in [0.05, 0.1) is 0 Å². The maximum Gasteiger partial charge on any atom is 0.0361 e. The van der Waals surface area contributed by atoms with E-state index in [-0.39, 0.29) is 5.54 Å². The van der Waals surface area contributed by atoms with Crippen LogP contribution >= 0.6 is 11.3 Å². The van der Waals surface area contributed by atoms with Gasteiger partial charge in [0, 0.05) is 23.5 Å². The van der Waals surface area contributed by atoms with Gasteiger partial charge in [0.25, 0.3) is 0 Å². The molecule has 1 fully saturated rings. The smallest absolute Gasteiger partial charge is 0.0361 e. The third-order valence-corrected chi connectivity index (χ3v) is 6.16. The van der Waals surface area contributed by atoms with Crippen LogP contribution in [0.15, 0.2) is 17.5 Å². The number of nitrogens with zero attached hydrogens (tertiary/aromatic N) is 1. The van der Waals surface area contributed by atoms with E-state index in [1.807, 2.05) is 11.3 Å². The summed E-state index contributed by atoms with van der Waals surface area (Å²) in [6.45, 7) is 12.4. The van der Waals surface area contributed by atoms with Gasteiger partial charge in [-0.15, -0.1) is 11.3 Å². The van der Waals surface area contributed by atoms with Gasteiger partial charge in [0.2, 0.25) is 0 Å². The Hall–Kier alpha value is -0.380. The molecule has 20 heavy (non-hydrogen) atoms.